The van der Waals surface area contributed by atoms with Gasteiger partial charge in [-0.15, -0.1) is 0 Å². The summed E-state index contributed by atoms with van der Waals surface area (Å²) in [6, 6.07) is 0. The molecule has 0 bridgehead atoms. The predicted octanol–water partition coefficient (Wildman–Crippen LogP) is 0.438. The van der Waals surface area contributed by atoms with Gasteiger partial charge in [0.25, 0.3) is 0 Å². The molecule has 0 saturated carbocycles. The van der Waals surface area contributed by atoms with Crippen molar-refractivity contribution in [2.24, 2.45) is 11.8 Å². The summed E-state index contributed by atoms with van der Waals surface area (Å²) in [5.41, 5.74) is 0. The zero-order valence-corrected chi connectivity index (χ0v) is 9.24. The lowest BCUT2D eigenvalue weighted by atomic mass is 10.1. The van der Waals surface area contributed by atoms with E-state index in [9.17, 15) is 14.4 Å². The Hall–Kier alpha value is -1.39. The van der Waals surface area contributed by atoms with Gasteiger partial charge >= 0.3 is 5.97 Å². The van der Waals surface area contributed by atoms with E-state index in [1.807, 2.05) is 0 Å². The number of amides is 1. The molecule has 2 N–H and O–H groups in total. The van der Waals surface area contributed by atoms with Crippen molar-refractivity contribution in [1.29, 1.82) is 0 Å². The van der Waals surface area contributed by atoms with Crippen molar-refractivity contribution in [2.45, 2.75) is 27.2 Å². The number of carboxylic acids is 1. The first-order valence-corrected chi connectivity index (χ1v) is 4.86. The summed E-state index contributed by atoms with van der Waals surface area (Å²) in [7, 11) is 0. The molecule has 1 unspecified atom stereocenters. The molecular weight excluding hydrogens is 198 g/mol. The molecule has 5 nitrogen and oxygen atoms in total. The summed E-state index contributed by atoms with van der Waals surface area (Å²) in [4.78, 5) is 32.8. The highest BCUT2D eigenvalue weighted by molar-refractivity contribution is 5.89. The molecule has 0 radical (unpaired) electrons. The SMILES string of the molecule is CC(C)C(=O)CNC(=O)C(C)CC(=O)O. The number of Topliss-reactive ketones (excluding diaryl/α,β-unsaturated/α-hetero) is 1. The zero-order valence-electron chi connectivity index (χ0n) is 9.24. The third kappa shape index (κ3) is 5.83. The van der Waals surface area contributed by atoms with Gasteiger partial charge in [-0.2, -0.15) is 0 Å². The van der Waals surface area contributed by atoms with Gasteiger partial charge in [-0.25, -0.2) is 0 Å². The average molecular weight is 215 g/mol. The Labute approximate surface area is 88.9 Å². The van der Waals surface area contributed by atoms with Gasteiger partial charge in [0.2, 0.25) is 5.91 Å². The molecule has 0 aliphatic heterocycles. The Morgan fingerprint density at radius 2 is 1.73 bits per heavy atom. The van der Waals surface area contributed by atoms with Crippen LogP contribution in [0.5, 0.6) is 0 Å². The first-order chi connectivity index (χ1) is 6.84. The number of hydrogen-bond donors (Lipinski definition) is 2. The highest BCUT2D eigenvalue weighted by atomic mass is 16.4. The highest BCUT2D eigenvalue weighted by Crippen LogP contribution is 2.01. The zero-order chi connectivity index (χ0) is 12.0. The minimum atomic E-state index is -1.02. The summed E-state index contributed by atoms with van der Waals surface area (Å²) in [6.45, 7) is 4.98. The number of nitrogens with one attached hydrogen (secondary N) is 1. The molecule has 0 fully saturated rings. The van der Waals surface area contributed by atoms with Crippen LogP contribution in [-0.4, -0.2) is 29.3 Å². The van der Waals surface area contributed by atoms with Crippen molar-refractivity contribution in [3.8, 4) is 0 Å². The van der Waals surface area contributed by atoms with Crippen molar-refractivity contribution in [3.05, 3.63) is 0 Å². The van der Waals surface area contributed by atoms with Gasteiger partial charge < -0.3 is 10.4 Å². The molecular formula is C10H17NO4. The van der Waals surface area contributed by atoms with Gasteiger partial charge in [-0.05, 0) is 0 Å². The largest absolute Gasteiger partial charge is 0.481 e. The number of aliphatic carboxylic acids is 1. The van der Waals surface area contributed by atoms with Crippen LogP contribution in [-0.2, 0) is 14.4 Å². The van der Waals surface area contributed by atoms with E-state index < -0.39 is 17.8 Å². The minimum absolute atomic E-state index is 0.0273. The van der Waals surface area contributed by atoms with E-state index in [-0.39, 0.29) is 24.7 Å². The van der Waals surface area contributed by atoms with Gasteiger partial charge in [0.1, 0.15) is 0 Å². The van der Waals surface area contributed by atoms with Gasteiger partial charge in [0, 0.05) is 11.8 Å². The van der Waals surface area contributed by atoms with E-state index in [1.54, 1.807) is 13.8 Å². The summed E-state index contributed by atoms with van der Waals surface area (Å²) in [5.74, 6) is -2.22. The fraction of sp³-hybridized carbons (Fsp3) is 0.700. The van der Waals surface area contributed by atoms with Crippen LogP contribution in [0.2, 0.25) is 0 Å². The van der Waals surface area contributed by atoms with Crippen LogP contribution in [0.15, 0.2) is 0 Å². The van der Waals surface area contributed by atoms with Crippen LogP contribution in [0, 0.1) is 11.8 Å². The van der Waals surface area contributed by atoms with Gasteiger partial charge in [0.05, 0.1) is 13.0 Å². The lowest BCUT2D eigenvalue weighted by Crippen LogP contribution is -2.35. The summed E-state index contributed by atoms with van der Waals surface area (Å²) in [6.07, 6.45) is -0.221. The monoisotopic (exact) mass is 215 g/mol. The molecule has 0 heterocycles. The molecule has 0 rings (SSSR count). The quantitative estimate of drug-likeness (QED) is 0.673. The van der Waals surface area contributed by atoms with Crippen LogP contribution in [0.25, 0.3) is 0 Å². The van der Waals surface area contributed by atoms with Crippen LogP contribution < -0.4 is 5.32 Å². The molecule has 0 aromatic rings. The van der Waals surface area contributed by atoms with Crippen molar-refractivity contribution in [3.63, 3.8) is 0 Å². The molecule has 0 aliphatic carbocycles. The lowest BCUT2D eigenvalue weighted by molar-refractivity contribution is -0.140. The average Bonchev–Trinajstić information content (AvgIpc) is 2.12. The van der Waals surface area contributed by atoms with Crippen molar-refractivity contribution in [1.82, 2.24) is 5.32 Å². The second kappa shape index (κ2) is 6.16. The first-order valence-electron chi connectivity index (χ1n) is 4.86. The second-order valence-electron chi connectivity index (χ2n) is 3.84. The number of ketones is 1. The number of hydrogen-bond acceptors (Lipinski definition) is 3. The number of carboxylic acid groups (broad SMARTS) is 1. The molecule has 15 heavy (non-hydrogen) atoms. The number of carbonyl (C=O) groups is 3. The fourth-order valence-electron chi connectivity index (χ4n) is 0.907. The van der Waals surface area contributed by atoms with Gasteiger partial charge in [-0.1, -0.05) is 20.8 Å². The number of rotatable bonds is 6. The molecule has 0 aromatic heterocycles. The predicted molar refractivity (Wildman–Crippen MR) is 54.3 cm³/mol. The molecule has 5 heteroatoms. The molecule has 0 saturated heterocycles. The van der Waals surface area contributed by atoms with Gasteiger partial charge in [-0.3, -0.25) is 14.4 Å². The topological polar surface area (TPSA) is 83.5 Å². The Kier molecular flexibility index (Phi) is 5.59. The lowest BCUT2D eigenvalue weighted by Gasteiger charge is -2.10. The van der Waals surface area contributed by atoms with E-state index in [2.05, 4.69) is 5.32 Å². The first kappa shape index (κ1) is 13.6. The Bertz CT molecular complexity index is 260. The molecule has 0 aliphatic rings. The van der Waals surface area contributed by atoms with E-state index in [4.69, 9.17) is 5.11 Å². The van der Waals surface area contributed by atoms with Gasteiger partial charge in [0.15, 0.2) is 5.78 Å². The maximum Gasteiger partial charge on any atom is 0.304 e. The third-order valence-electron chi connectivity index (χ3n) is 2.01. The Balaban J connectivity index is 3.93. The van der Waals surface area contributed by atoms with E-state index in [0.717, 1.165) is 0 Å². The molecule has 1 amide bonds. The van der Waals surface area contributed by atoms with Crippen LogP contribution in [0.3, 0.4) is 0 Å². The second-order valence-corrected chi connectivity index (χ2v) is 3.84. The van der Waals surface area contributed by atoms with Crippen molar-refractivity contribution >= 4 is 17.7 Å². The van der Waals surface area contributed by atoms with Crippen molar-refractivity contribution < 1.29 is 19.5 Å². The molecule has 86 valence electrons. The molecule has 0 spiro atoms. The van der Waals surface area contributed by atoms with Crippen molar-refractivity contribution in [2.75, 3.05) is 6.54 Å². The molecule has 0 aromatic carbocycles. The van der Waals surface area contributed by atoms with E-state index in [0.29, 0.717) is 0 Å². The summed E-state index contributed by atoms with van der Waals surface area (Å²) in [5, 5.41) is 10.9. The Morgan fingerprint density at radius 3 is 2.13 bits per heavy atom. The van der Waals surface area contributed by atoms with Crippen LogP contribution in [0.1, 0.15) is 27.2 Å². The highest BCUT2D eigenvalue weighted by Gasteiger charge is 2.17. The Morgan fingerprint density at radius 1 is 1.20 bits per heavy atom. The fourth-order valence-corrected chi connectivity index (χ4v) is 0.907. The van der Waals surface area contributed by atoms with E-state index >= 15 is 0 Å². The normalized spacial score (nSPS) is 12.3. The summed E-state index contributed by atoms with van der Waals surface area (Å²) >= 11 is 0. The van der Waals surface area contributed by atoms with Crippen LogP contribution >= 0.6 is 0 Å². The third-order valence-corrected chi connectivity index (χ3v) is 2.01. The standard InChI is InChI=1S/C10H17NO4/c1-6(2)8(12)5-11-10(15)7(3)4-9(13)14/h6-7H,4-5H2,1-3H3,(H,11,15)(H,13,14). The van der Waals surface area contributed by atoms with Crippen LogP contribution in [0.4, 0.5) is 0 Å². The maximum absolute atomic E-state index is 11.3. The summed E-state index contributed by atoms with van der Waals surface area (Å²) < 4.78 is 0. The number of carbonyl (C=O) groups excluding carboxylic acids is 2. The molecule has 1 atom stereocenters. The van der Waals surface area contributed by atoms with E-state index in [1.165, 1.54) is 6.92 Å². The smallest absolute Gasteiger partial charge is 0.304 e. The minimum Gasteiger partial charge on any atom is -0.481 e. The maximum atomic E-state index is 11.3.